The Bertz CT molecular complexity index is 913. The summed E-state index contributed by atoms with van der Waals surface area (Å²) in [5.41, 5.74) is 3.04. The van der Waals surface area contributed by atoms with Gasteiger partial charge in [-0.2, -0.15) is 5.26 Å². The molecule has 2 aromatic carbocycles. The number of benzene rings is 2. The molecule has 2 aliphatic rings. The van der Waals surface area contributed by atoms with Gasteiger partial charge in [0.05, 0.1) is 11.6 Å². The van der Waals surface area contributed by atoms with E-state index < -0.39 is 6.23 Å². The molecule has 1 unspecified atom stereocenters. The molecule has 1 atom stereocenters. The van der Waals surface area contributed by atoms with Gasteiger partial charge in [0.1, 0.15) is 11.7 Å². The molecule has 0 amide bonds. The lowest BCUT2D eigenvalue weighted by molar-refractivity contribution is 0.181. The fourth-order valence-electron chi connectivity index (χ4n) is 3.80. The van der Waals surface area contributed by atoms with E-state index in [-0.39, 0.29) is 11.7 Å². The molecule has 138 valence electrons. The molecule has 1 fully saturated rings. The Balaban J connectivity index is 1.38. The molecular weight excluding hydrogens is 343 g/mol. The Morgan fingerprint density at radius 3 is 2.81 bits per heavy atom. The molecule has 5 nitrogen and oxygen atoms in total. The number of piperidine rings is 1. The van der Waals surface area contributed by atoms with Gasteiger partial charge in [-0.05, 0) is 61.8 Å². The van der Waals surface area contributed by atoms with Gasteiger partial charge in [0.25, 0.3) is 0 Å². The highest BCUT2D eigenvalue weighted by Gasteiger charge is 2.28. The van der Waals surface area contributed by atoms with Crippen molar-refractivity contribution >= 4 is 11.5 Å². The van der Waals surface area contributed by atoms with Crippen LogP contribution in [0.25, 0.3) is 0 Å². The number of halogens is 1. The smallest absolute Gasteiger partial charge is 0.175 e. The molecule has 0 aliphatic carbocycles. The molecule has 27 heavy (non-hydrogen) atoms. The predicted octanol–water partition coefficient (Wildman–Crippen LogP) is 3.42. The Morgan fingerprint density at radius 1 is 1.22 bits per heavy atom. The number of rotatable bonds is 3. The molecule has 2 N–H and O–H groups in total. The summed E-state index contributed by atoms with van der Waals surface area (Å²) >= 11 is 0. The van der Waals surface area contributed by atoms with Gasteiger partial charge >= 0.3 is 0 Å². The molecule has 0 spiro atoms. The predicted molar refractivity (Wildman–Crippen MR) is 102 cm³/mol. The second-order valence-corrected chi connectivity index (χ2v) is 7.11. The number of aliphatic imine (C=N–C) groups is 1. The van der Waals surface area contributed by atoms with Crippen LogP contribution < -0.4 is 5.32 Å². The maximum atomic E-state index is 13.4. The highest BCUT2D eigenvalue weighted by molar-refractivity contribution is 5.99. The lowest BCUT2D eigenvalue weighted by Gasteiger charge is -2.34. The number of aliphatic hydroxyl groups is 1. The van der Waals surface area contributed by atoms with Crippen LogP contribution in [-0.2, 0) is 6.54 Å². The van der Waals surface area contributed by atoms with Gasteiger partial charge in [0.2, 0.25) is 0 Å². The minimum atomic E-state index is -1.02. The van der Waals surface area contributed by atoms with Gasteiger partial charge < -0.3 is 10.4 Å². The molecule has 0 radical (unpaired) electrons. The van der Waals surface area contributed by atoms with Gasteiger partial charge in [-0.15, -0.1) is 0 Å². The summed E-state index contributed by atoms with van der Waals surface area (Å²) in [4.78, 5) is 6.73. The van der Waals surface area contributed by atoms with E-state index in [2.05, 4.69) is 21.3 Å². The Morgan fingerprint density at radius 2 is 2.04 bits per heavy atom. The van der Waals surface area contributed by atoms with E-state index in [0.29, 0.717) is 11.1 Å². The van der Waals surface area contributed by atoms with E-state index in [4.69, 9.17) is 5.26 Å². The summed E-state index contributed by atoms with van der Waals surface area (Å²) in [7, 11) is 0. The van der Waals surface area contributed by atoms with Gasteiger partial charge in [0.15, 0.2) is 6.23 Å². The summed E-state index contributed by atoms with van der Waals surface area (Å²) in [6, 6.07) is 14.3. The zero-order valence-corrected chi connectivity index (χ0v) is 14.9. The van der Waals surface area contributed by atoms with Crippen LogP contribution in [0.1, 0.15) is 35.8 Å². The monoisotopic (exact) mass is 364 g/mol. The highest BCUT2D eigenvalue weighted by atomic mass is 19.1. The maximum absolute atomic E-state index is 13.4. The third kappa shape index (κ3) is 3.85. The third-order valence-electron chi connectivity index (χ3n) is 5.25. The fraction of sp³-hybridized carbons (Fsp3) is 0.333. The van der Waals surface area contributed by atoms with Crippen LogP contribution in [0.2, 0.25) is 0 Å². The molecule has 4 rings (SSSR count). The summed E-state index contributed by atoms with van der Waals surface area (Å²) in [6.07, 6.45) is 0.860. The lowest BCUT2D eigenvalue weighted by atomic mass is 9.93. The van der Waals surface area contributed by atoms with Crippen LogP contribution in [0.15, 0.2) is 47.5 Å². The summed E-state index contributed by atoms with van der Waals surface area (Å²) < 4.78 is 13.4. The number of nitriles is 1. The first-order chi connectivity index (χ1) is 13.1. The second kappa shape index (κ2) is 7.47. The van der Waals surface area contributed by atoms with Gasteiger partial charge in [-0.1, -0.05) is 12.1 Å². The minimum Gasteiger partial charge on any atom is -0.368 e. The van der Waals surface area contributed by atoms with Crippen molar-refractivity contribution in [3.05, 3.63) is 65.0 Å². The van der Waals surface area contributed by atoms with E-state index in [0.717, 1.165) is 49.6 Å². The zero-order valence-electron chi connectivity index (χ0n) is 14.9. The molecule has 0 bridgehead atoms. The first-order valence-corrected chi connectivity index (χ1v) is 9.16. The van der Waals surface area contributed by atoms with Crippen molar-refractivity contribution in [3.63, 3.8) is 0 Å². The Kier molecular flexibility index (Phi) is 4.88. The van der Waals surface area contributed by atoms with Crippen molar-refractivity contribution in [2.45, 2.75) is 25.6 Å². The average molecular weight is 364 g/mol. The average Bonchev–Trinajstić information content (AvgIpc) is 2.69. The number of fused-ring (bicyclic) bond motifs is 1. The van der Waals surface area contributed by atoms with Gasteiger partial charge in [-0.25, -0.2) is 9.38 Å². The van der Waals surface area contributed by atoms with Crippen molar-refractivity contribution in [1.82, 2.24) is 4.90 Å². The van der Waals surface area contributed by atoms with E-state index in [1.807, 2.05) is 24.3 Å². The van der Waals surface area contributed by atoms with Crippen molar-refractivity contribution in [3.8, 4) is 6.07 Å². The normalized spacial score (nSPS) is 20.3. The SMILES string of the molecule is N#Cc1cccc(CN2CCC(C3=NC(O)c4cc(F)ccc4N3)CC2)c1. The summed E-state index contributed by atoms with van der Waals surface area (Å²) in [6.45, 7) is 2.68. The summed E-state index contributed by atoms with van der Waals surface area (Å²) in [5, 5.41) is 22.6. The van der Waals surface area contributed by atoms with Crippen molar-refractivity contribution in [1.29, 1.82) is 5.26 Å². The molecule has 1 saturated heterocycles. The number of nitrogens with zero attached hydrogens (tertiary/aromatic N) is 3. The number of aliphatic hydroxyl groups excluding tert-OH is 1. The minimum absolute atomic E-state index is 0.250. The van der Waals surface area contributed by atoms with Crippen LogP contribution in [0, 0.1) is 23.1 Å². The van der Waals surface area contributed by atoms with Crippen molar-refractivity contribution in [2.75, 3.05) is 18.4 Å². The van der Waals surface area contributed by atoms with E-state index >= 15 is 0 Å². The van der Waals surface area contributed by atoms with Gasteiger partial charge in [-0.3, -0.25) is 4.90 Å². The number of nitrogens with one attached hydrogen (secondary N) is 1. The second-order valence-electron chi connectivity index (χ2n) is 7.11. The van der Waals surface area contributed by atoms with E-state index in [9.17, 15) is 9.50 Å². The van der Waals surface area contributed by atoms with Crippen LogP contribution in [0.5, 0.6) is 0 Å². The van der Waals surface area contributed by atoms with Crippen molar-refractivity contribution in [2.24, 2.45) is 10.9 Å². The quantitative estimate of drug-likeness (QED) is 0.875. The standard InChI is InChI=1S/C21H21FN4O/c22-17-4-5-19-18(11-17)21(27)25-20(24-19)16-6-8-26(9-7-16)13-15-3-1-2-14(10-15)12-23/h1-5,10-11,16,21,27H,6-9,13H2,(H,24,25). The van der Waals surface area contributed by atoms with Gasteiger partial charge in [0, 0.05) is 23.7 Å². The number of hydrogen-bond acceptors (Lipinski definition) is 5. The highest BCUT2D eigenvalue weighted by Crippen LogP contribution is 2.32. The Labute approximate surface area is 157 Å². The molecule has 2 aliphatic heterocycles. The number of likely N-dealkylation sites (tertiary alicyclic amines) is 1. The van der Waals surface area contributed by atoms with Crippen LogP contribution in [-0.4, -0.2) is 28.9 Å². The number of hydrogen-bond donors (Lipinski definition) is 2. The van der Waals surface area contributed by atoms with Crippen LogP contribution in [0.4, 0.5) is 10.1 Å². The zero-order chi connectivity index (χ0) is 18.8. The summed E-state index contributed by atoms with van der Waals surface area (Å²) in [5.74, 6) is 0.661. The van der Waals surface area contributed by atoms with Crippen LogP contribution in [0.3, 0.4) is 0 Å². The number of amidine groups is 1. The fourth-order valence-corrected chi connectivity index (χ4v) is 3.80. The molecular formula is C21H21FN4O. The first kappa shape index (κ1) is 17.7. The number of anilines is 1. The first-order valence-electron chi connectivity index (χ1n) is 9.16. The Hall–Kier alpha value is -2.75. The lowest BCUT2D eigenvalue weighted by Crippen LogP contribution is -2.39. The molecule has 6 heteroatoms. The molecule has 2 heterocycles. The van der Waals surface area contributed by atoms with E-state index in [1.54, 1.807) is 6.07 Å². The maximum Gasteiger partial charge on any atom is 0.175 e. The molecule has 2 aromatic rings. The topological polar surface area (TPSA) is 71.7 Å². The van der Waals surface area contributed by atoms with E-state index in [1.165, 1.54) is 12.1 Å². The molecule has 0 aromatic heterocycles. The molecule has 0 saturated carbocycles. The third-order valence-corrected chi connectivity index (χ3v) is 5.25. The van der Waals surface area contributed by atoms with Crippen LogP contribution >= 0.6 is 0 Å². The largest absolute Gasteiger partial charge is 0.368 e. The van der Waals surface area contributed by atoms with Crippen molar-refractivity contribution < 1.29 is 9.50 Å².